The largest absolute Gasteiger partial charge is 0.355 e. The van der Waals surface area contributed by atoms with E-state index in [0.29, 0.717) is 24.5 Å². The molecule has 2 N–H and O–H groups in total. The molecule has 0 aromatic carbocycles. The molecule has 1 saturated heterocycles. The van der Waals surface area contributed by atoms with Crippen molar-refractivity contribution in [3.8, 4) is 0 Å². The van der Waals surface area contributed by atoms with Gasteiger partial charge in [0, 0.05) is 39.8 Å². The number of carbonyl (C=O) groups excluding carboxylic acids is 1. The number of aliphatic imine (C=N–C) groups is 1. The van der Waals surface area contributed by atoms with Gasteiger partial charge in [0.2, 0.25) is 5.91 Å². The van der Waals surface area contributed by atoms with Crippen molar-refractivity contribution < 1.29 is 4.79 Å². The van der Waals surface area contributed by atoms with Crippen LogP contribution in [0.5, 0.6) is 0 Å². The number of hydrogen-bond acceptors (Lipinski definition) is 3. The summed E-state index contributed by atoms with van der Waals surface area (Å²) < 4.78 is 0. The summed E-state index contributed by atoms with van der Waals surface area (Å²) in [6, 6.07) is 0.540. The maximum Gasteiger partial charge on any atom is 0.243 e. The van der Waals surface area contributed by atoms with Gasteiger partial charge in [0.05, 0.1) is 0 Å². The fourth-order valence-electron chi connectivity index (χ4n) is 2.68. The summed E-state index contributed by atoms with van der Waals surface area (Å²) >= 11 is 0. The molecule has 1 aliphatic heterocycles. The van der Waals surface area contributed by atoms with Crippen LogP contribution in [0.15, 0.2) is 17.6 Å². The summed E-state index contributed by atoms with van der Waals surface area (Å²) in [6.45, 7) is 12.2. The van der Waals surface area contributed by atoms with Gasteiger partial charge in [-0.05, 0) is 25.3 Å². The monoisotopic (exact) mass is 451 g/mol. The summed E-state index contributed by atoms with van der Waals surface area (Å²) in [6.07, 6.45) is 4.25. The Labute approximate surface area is 164 Å². The maximum atomic E-state index is 11.7. The van der Waals surface area contributed by atoms with Crippen LogP contribution in [-0.4, -0.2) is 74.5 Å². The first-order chi connectivity index (χ1) is 10.9. The van der Waals surface area contributed by atoms with Gasteiger partial charge in [0.1, 0.15) is 6.54 Å². The number of likely N-dealkylation sites (tertiary alicyclic amines) is 1. The Morgan fingerprint density at radius 3 is 2.71 bits per heavy atom. The molecule has 140 valence electrons. The van der Waals surface area contributed by atoms with E-state index in [-0.39, 0.29) is 36.4 Å². The summed E-state index contributed by atoms with van der Waals surface area (Å²) in [5.74, 6) is 1.35. The summed E-state index contributed by atoms with van der Waals surface area (Å²) in [5, 5.41) is 6.55. The Morgan fingerprint density at radius 1 is 1.42 bits per heavy atom. The highest BCUT2D eigenvalue weighted by atomic mass is 127. The average Bonchev–Trinajstić information content (AvgIpc) is 2.92. The first-order valence-corrected chi connectivity index (χ1v) is 8.51. The molecule has 7 heteroatoms. The highest BCUT2D eigenvalue weighted by molar-refractivity contribution is 14.0. The van der Waals surface area contributed by atoms with Crippen molar-refractivity contribution in [2.24, 2.45) is 10.9 Å². The van der Waals surface area contributed by atoms with Crippen LogP contribution < -0.4 is 10.6 Å². The molecule has 1 heterocycles. The number of guanidine groups is 1. The van der Waals surface area contributed by atoms with Gasteiger partial charge in [0.15, 0.2) is 5.96 Å². The number of likely N-dealkylation sites (N-methyl/N-ethyl adjacent to an activating group) is 1. The molecule has 0 saturated carbocycles. The topological polar surface area (TPSA) is 60.0 Å². The van der Waals surface area contributed by atoms with Crippen molar-refractivity contribution in [3.05, 3.63) is 12.7 Å². The number of amides is 1. The molecule has 1 aliphatic rings. The standard InChI is InChI=1S/C17H33N5O.HI/c1-6-9-18-17(20-12-16(23)21(4)5)19-11-15-8-7-10-22(15)13-14(2)3;/h6,14-15H,1,7-13H2,2-5H3,(H2,18,19,20);1H/t15-;/m1./s1. The Morgan fingerprint density at radius 2 is 2.12 bits per heavy atom. The summed E-state index contributed by atoms with van der Waals surface area (Å²) in [4.78, 5) is 20.2. The van der Waals surface area contributed by atoms with Gasteiger partial charge < -0.3 is 15.5 Å². The van der Waals surface area contributed by atoms with Crippen molar-refractivity contribution in [2.75, 3.05) is 46.8 Å². The molecule has 1 atom stereocenters. The van der Waals surface area contributed by atoms with Crippen molar-refractivity contribution in [2.45, 2.75) is 32.7 Å². The minimum absolute atomic E-state index is 0. The second kappa shape index (κ2) is 12.5. The molecule has 0 radical (unpaired) electrons. The van der Waals surface area contributed by atoms with E-state index in [1.54, 1.807) is 25.1 Å². The zero-order valence-electron chi connectivity index (χ0n) is 15.5. The Hall–Kier alpha value is -0.830. The van der Waals surface area contributed by atoms with Crippen LogP contribution in [0.25, 0.3) is 0 Å². The molecular weight excluding hydrogens is 417 g/mol. The third-order valence-electron chi connectivity index (χ3n) is 3.89. The highest BCUT2D eigenvalue weighted by Gasteiger charge is 2.24. The van der Waals surface area contributed by atoms with E-state index in [2.05, 4.69) is 41.0 Å². The zero-order chi connectivity index (χ0) is 17.2. The Balaban J connectivity index is 0.00000529. The minimum atomic E-state index is -0.00740. The molecule has 0 unspecified atom stereocenters. The predicted octanol–water partition coefficient (Wildman–Crippen LogP) is 1.53. The van der Waals surface area contributed by atoms with Crippen molar-refractivity contribution in [3.63, 3.8) is 0 Å². The average molecular weight is 451 g/mol. The quantitative estimate of drug-likeness (QED) is 0.255. The van der Waals surface area contributed by atoms with E-state index in [0.717, 1.165) is 13.1 Å². The third kappa shape index (κ3) is 8.86. The van der Waals surface area contributed by atoms with Gasteiger partial charge in [-0.1, -0.05) is 19.9 Å². The second-order valence-corrected chi connectivity index (χ2v) is 6.69. The van der Waals surface area contributed by atoms with Crippen LogP contribution in [0.4, 0.5) is 0 Å². The lowest BCUT2D eigenvalue weighted by molar-refractivity contribution is -0.127. The first kappa shape index (κ1) is 23.2. The van der Waals surface area contributed by atoms with Gasteiger partial charge in [0.25, 0.3) is 0 Å². The minimum Gasteiger partial charge on any atom is -0.355 e. The molecule has 0 aromatic rings. The molecular formula is C17H34IN5O. The number of nitrogens with zero attached hydrogens (tertiary/aromatic N) is 3. The third-order valence-corrected chi connectivity index (χ3v) is 3.89. The van der Waals surface area contributed by atoms with Gasteiger partial charge in [-0.2, -0.15) is 0 Å². The van der Waals surface area contributed by atoms with Crippen LogP contribution in [0.1, 0.15) is 26.7 Å². The zero-order valence-corrected chi connectivity index (χ0v) is 17.9. The molecule has 1 fully saturated rings. The number of hydrogen-bond donors (Lipinski definition) is 2. The lowest BCUT2D eigenvalue weighted by atomic mass is 10.1. The smallest absolute Gasteiger partial charge is 0.243 e. The normalized spacial score (nSPS) is 18.2. The fourth-order valence-corrected chi connectivity index (χ4v) is 2.68. The maximum absolute atomic E-state index is 11.7. The molecule has 0 bridgehead atoms. The number of nitrogens with one attached hydrogen (secondary N) is 2. The molecule has 24 heavy (non-hydrogen) atoms. The number of halogens is 1. The van der Waals surface area contributed by atoms with E-state index in [1.807, 2.05) is 0 Å². The first-order valence-electron chi connectivity index (χ1n) is 8.51. The van der Waals surface area contributed by atoms with Gasteiger partial charge >= 0.3 is 0 Å². The SMILES string of the molecule is C=CCNC(=NCC(=O)N(C)C)NC[C@H]1CCCN1CC(C)C.I. The fraction of sp³-hybridized carbons (Fsp3) is 0.765. The van der Waals surface area contributed by atoms with Gasteiger partial charge in [-0.3, -0.25) is 9.69 Å². The van der Waals surface area contributed by atoms with Gasteiger partial charge in [-0.25, -0.2) is 4.99 Å². The predicted molar refractivity (Wildman–Crippen MR) is 112 cm³/mol. The van der Waals surface area contributed by atoms with Crippen LogP contribution in [0.2, 0.25) is 0 Å². The highest BCUT2D eigenvalue weighted by Crippen LogP contribution is 2.17. The van der Waals surface area contributed by atoms with Crippen molar-refractivity contribution in [1.82, 2.24) is 20.4 Å². The van der Waals surface area contributed by atoms with Crippen molar-refractivity contribution in [1.29, 1.82) is 0 Å². The molecule has 1 rings (SSSR count). The summed E-state index contributed by atoms with van der Waals surface area (Å²) in [5.41, 5.74) is 0. The Bertz CT molecular complexity index is 412. The van der Waals surface area contributed by atoms with E-state index in [4.69, 9.17) is 0 Å². The second-order valence-electron chi connectivity index (χ2n) is 6.69. The van der Waals surface area contributed by atoms with Crippen LogP contribution in [0, 0.1) is 5.92 Å². The van der Waals surface area contributed by atoms with Gasteiger partial charge in [-0.15, -0.1) is 30.6 Å². The number of carbonyl (C=O) groups is 1. The molecule has 0 aromatic heterocycles. The lowest BCUT2D eigenvalue weighted by Crippen LogP contribution is -2.46. The lowest BCUT2D eigenvalue weighted by Gasteiger charge is -2.27. The molecule has 0 aliphatic carbocycles. The van der Waals surface area contributed by atoms with E-state index in [9.17, 15) is 4.79 Å². The molecule has 1 amide bonds. The Kier molecular flexibility index (Phi) is 12.1. The molecule has 0 spiro atoms. The van der Waals surface area contributed by atoms with E-state index >= 15 is 0 Å². The number of rotatable bonds is 8. The van der Waals surface area contributed by atoms with Crippen LogP contribution in [-0.2, 0) is 4.79 Å². The molecule has 6 nitrogen and oxygen atoms in total. The van der Waals surface area contributed by atoms with Crippen LogP contribution >= 0.6 is 24.0 Å². The van der Waals surface area contributed by atoms with E-state index in [1.165, 1.54) is 19.4 Å². The van der Waals surface area contributed by atoms with Crippen molar-refractivity contribution >= 4 is 35.8 Å². The van der Waals surface area contributed by atoms with E-state index < -0.39 is 0 Å². The summed E-state index contributed by atoms with van der Waals surface area (Å²) in [7, 11) is 3.48. The van der Waals surface area contributed by atoms with Crippen LogP contribution in [0.3, 0.4) is 0 Å².